The van der Waals surface area contributed by atoms with Gasteiger partial charge in [0.15, 0.2) is 0 Å². The number of amides is 3. The van der Waals surface area contributed by atoms with Crippen LogP contribution in [0.15, 0.2) is 24.3 Å². The van der Waals surface area contributed by atoms with Crippen LogP contribution < -0.4 is 10.6 Å². The first kappa shape index (κ1) is 25.0. The predicted octanol–water partition coefficient (Wildman–Crippen LogP) is 2.64. The van der Waals surface area contributed by atoms with E-state index in [0.29, 0.717) is 41.5 Å². The summed E-state index contributed by atoms with van der Waals surface area (Å²) in [6.07, 6.45) is 4.09. The molecule has 4 rings (SSSR count). The van der Waals surface area contributed by atoms with Crippen molar-refractivity contribution in [3.8, 4) is 0 Å². The van der Waals surface area contributed by atoms with Crippen LogP contribution in [0.4, 0.5) is 0 Å². The fraction of sp³-hybridized carbons (Fsp3) is 0.520. The lowest BCUT2D eigenvalue weighted by molar-refractivity contribution is -0.146. The summed E-state index contributed by atoms with van der Waals surface area (Å²) in [4.78, 5) is 55.9. The van der Waals surface area contributed by atoms with E-state index in [1.807, 2.05) is 6.07 Å². The summed E-state index contributed by atoms with van der Waals surface area (Å²) in [5, 5.41) is 6.88. The van der Waals surface area contributed by atoms with Gasteiger partial charge in [0.2, 0.25) is 11.8 Å². The van der Waals surface area contributed by atoms with Gasteiger partial charge in [-0.15, -0.1) is 0 Å². The molecule has 3 amide bonds. The second-order valence-corrected chi connectivity index (χ2v) is 9.86. The molecule has 0 spiro atoms. The molecule has 10 heteroatoms. The lowest BCUT2D eigenvalue weighted by Crippen LogP contribution is -2.53. The second kappa shape index (κ2) is 10.7. The highest BCUT2D eigenvalue weighted by Crippen LogP contribution is 2.35. The van der Waals surface area contributed by atoms with Crippen molar-refractivity contribution in [1.29, 1.82) is 0 Å². The topological polar surface area (TPSA) is 121 Å². The Morgan fingerprint density at radius 3 is 2.66 bits per heavy atom. The van der Waals surface area contributed by atoms with Gasteiger partial charge in [-0.05, 0) is 43.7 Å². The Balaban J connectivity index is 1.51. The van der Waals surface area contributed by atoms with E-state index < -0.39 is 24.0 Å². The normalized spacial score (nSPS) is 19.5. The molecule has 1 aliphatic carbocycles. The lowest BCUT2D eigenvalue weighted by atomic mass is 9.91. The zero-order valence-corrected chi connectivity index (χ0v) is 20.7. The van der Waals surface area contributed by atoms with Crippen molar-refractivity contribution in [2.24, 2.45) is 11.8 Å². The zero-order valence-electron chi connectivity index (χ0n) is 19.9. The third kappa shape index (κ3) is 5.78. The second-order valence-electron chi connectivity index (χ2n) is 9.45. The maximum absolute atomic E-state index is 13.4. The Labute approximate surface area is 208 Å². The maximum Gasteiger partial charge on any atom is 0.328 e. The number of carbonyl (C=O) groups excluding carboxylic acids is 4. The Hall–Kier alpha value is -3.07. The highest BCUT2D eigenvalue weighted by Gasteiger charge is 2.37. The summed E-state index contributed by atoms with van der Waals surface area (Å²) in [5.41, 5.74) is 0.984. The number of nitrogens with zero attached hydrogens (tertiary/aromatic N) is 1. The number of benzene rings is 1. The van der Waals surface area contributed by atoms with Crippen LogP contribution in [0.3, 0.4) is 0 Å². The molecule has 188 valence electrons. The van der Waals surface area contributed by atoms with Crippen LogP contribution in [0.2, 0.25) is 5.02 Å². The lowest BCUT2D eigenvalue weighted by Gasteiger charge is -2.30. The van der Waals surface area contributed by atoms with Gasteiger partial charge in [0.25, 0.3) is 5.91 Å². The molecule has 1 saturated heterocycles. The molecular weight excluding hydrogens is 472 g/mol. The van der Waals surface area contributed by atoms with Gasteiger partial charge in [-0.3, -0.25) is 14.4 Å². The minimum absolute atomic E-state index is 0.126. The van der Waals surface area contributed by atoms with Gasteiger partial charge in [-0.2, -0.15) is 0 Å². The van der Waals surface area contributed by atoms with Gasteiger partial charge in [0.1, 0.15) is 17.8 Å². The van der Waals surface area contributed by atoms with Crippen molar-refractivity contribution < 1.29 is 23.9 Å². The van der Waals surface area contributed by atoms with Crippen LogP contribution in [0.25, 0.3) is 10.9 Å². The molecule has 1 aromatic heterocycles. The number of hydrogen-bond donors (Lipinski definition) is 3. The first-order valence-corrected chi connectivity index (χ1v) is 12.4. The number of rotatable bonds is 9. The fourth-order valence-corrected chi connectivity index (χ4v) is 4.87. The predicted molar refractivity (Wildman–Crippen MR) is 131 cm³/mol. The van der Waals surface area contributed by atoms with Gasteiger partial charge < -0.3 is 25.3 Å². The van der Waals surface area contributed by atoms with Crippen LogP contribution in [0.1, 0.15) is 49.0 Å². The van der Waals surface area contributed by atoms with Gasteiger partial charge >= 0.3 is 5.97 Å². The Bertz CT molecular complexity index is 1130. The largest absolute Gasteiger partial charge is 0.467 e. The third-order valence-electron chi connectivity index (χ3n) is 6.90. The summed E-state index contributed by atoms with van der Waals surface area (Å²) in [7, 11) is 2.84. The van der Waals surface area contributed by atoms with Crippen molar-refractivity contribution >= 4 is 46.2 Å². The van der Waals surface area contributed by atoms with E-state index in [4.69, 9.17) is 16.3 Å². The molecule has 1 aromatic carbocycles. The van der Waals surface area contributed by atoms with E-state index in [2.05, 4.69) is 15.6 Å². The van der Waals surface area contributed by atoms with Crippen molar-refractivity contribution in [1.82, 2.24) is 20.5 Å². The smallest absolute Gasteiger partial charge is 0.328 e. The summed E-state index contributed by atoms with van der Waals surface area (Å²) in [6.45, 7) is 0.611. The number of para-hydroxylation sites is 1. The number of likely N-dealkylation sites (N-methyl/N-ethyl adjacent to an activating group) is 1. The summed E-state index contributed by atoms with van der Waals surface area (Å²) in [6, 6.07) is 5.36. The number of ether oxygens (including phenoxy) is 1. The van der Waals surface area contributed by atoms with Crippen LogP contribution in [-0.4, -0.2) is 66.4 Å². The number of carbonyl (C=O) groups is 4. The van der Waals surface area contributed by atoms with Gasteiger partial charge in [-0.25, -0.2) is 4.79 Å². The molecule has 3 atom stereocenters. The standard InChI is InChI=1S/C25H31ClN4O5/c1-30(24(33)18-12-15-5-3-7-17(26)21(15)28-18)20(11-14-8-9-14)23(32)29-19(25(34)35-2)13-16-6-4-10-27-22(16)31/h3,5,7,12,14,16,19-20,28H,4,6,8-11,13H2,1-2H3,(H,27,31)(H,29,32). The number of piperidine rings is 1. The van der Waals surface area contributed by atoms with E-state index in [0.717, 1.165) is 24.6 Å². The molecule has 3 N–H and O–H groups in total. The highest BCUT2D eigenvalue weighted by molar-refractivity contribution is 6.35. The quantitative estimate of drug-likeness (QED) is 0.455. The zero-order chi connectivity index (χ0) is 25.1. The van der Waals surface area contributed by atoms with Crippen molar-refractivity contribution in [3.63, 3.8) is 0 Å². The van der Waals surface area contributed by atoms with E-state index >= 15 is 0 Å². The monoisotopic (exact) mass is 502 g/mol. The molecular formula is C25H31ClN4O5. The van der Waals surface area contributed by atoms with Crippen molar-refractivity contribution in [2.75, 3.05) is 20.7 Å². The Morgan fingerprint density at radius 2 is 2.00 bits per heavy atom. The first-order valence-electron chi connectivity index (χ1n) is 12.0. The number of hydrogen-bond acceptors (Lipinski definition) is 5. The molecule has 2 heterocycles. The number of esters is 1. The minimum Gasteiger partial charge on any atom is -0.467 e. The van der Waals surface area contributed by atoms with Crippen LogP contribution in [-0.2, 0) is 19.1 Å². The average molecular weight is 503 g/mol. The Morgan fingerprint density at radius 1 is 1.23 bits per heavy atom. The first-order chi connectivity index (χ1) is 16.8. The molecule has 3 unspecified atom stereocenters. The van der Waals surface area contributed by atoms with Crippen LogP contribution >= 0.6 is 11.6 Å². The van der Waals surface area contributed by atoms with Crippen LogP contribution in [0, 0.1) is 11.8 Å². The number of H-pyrrole nitrogens is 1. The number of aromatic nitrogens is 1. The molecule has 35 heavy (non-hydrogen) atoms. The van der Waals surface area contributed by atoms with E-state index in [1.165, 1.54) is 12.0 Å². The minimum atomic E-state index is -0.974. The van der Waals surface area contributed by atoms with Gasteiger partial charge in [0, 0.05) is 24.9 Å². The summed E-state index contributed by atoms with van der Waals surface area (Å²) >= 11 is 6.24. The number of halogens is 1. The molecule has 0 bridgehead atoms. The van der Waals surface area contributed by atoms with Crippen molar-refractivity contribution in [3.05, 3.63) is 35.0 Å². The van der Waals surface area contributed by atoms with E-state index in [9.17, 15) is 19.2 Å². The number of fused-ring (bicyclic) bond motifs is 1. The third-order valence-corrected chi connectivity index (χ3v) is 7.22. The molecule has 0 radical (unpaired) electrons. The van der Waals surface area contributed by atoms with Crippen LogP contribution in [0.5, 0.6) is 0 Å². The molecule has 2 fully saturated rings. The number of nitrogens with one attached hydrogen (secondary N) is 3. The fourth-order valence-electron chi connectivity index (χ4n) is 4.65. The van der Waals surface area contributed by atoms with E-state index in [1.54, 1.807) is 25.2 Å². The molecule has 1 saturated carbocycles. The average Bonchev–Trinajstić information content (AvgIpc) is 3.57. The van der Waals surface area contributed by atoms with Gasteiger partial charge in [-0.1, -0.05) is 36.6 Å². The molecule has 2 aromatic rings. The van der Waals surface area contributed by atoms with Gasteiger partial charge in [0.05, 0.1) is 17.6 Å². The number of aromatic amines is 1. The summed E-state index contributed by atoms with van der Waals surface area (Å²) < 4.78 is 4.90. The Kier molecular flexibility index (Phi) is 7.64. The van der Waals surface area contributed by atoms with E-state index in [-0.39, 0.29) is 24.2 Å². The number of methoxy groups -OCH3 is 1. The highest BCUT2D eigenvalue weighted by atomic mass is 35.5. The molecule has 1 aliphatic heterocycles. The SMILES string of the molecule is COC(=O)C(CC1CCCNC1=O)NC(=O)C(CC1CC1)N(C)C(=O)c1cc2cccc(Cl)c2[nH]1. The molecule has 9 nitrogen and oxygen atoms in total. The maximum atomic E-state index is 13.4. The molecule has 2 aliphatic rings. The summed E-state index contributed by atoms with van der Waals surface area (Å²) in [5.74, 6) is -1.56. The van der Waals surface area contributed by atoms with Crippen molar-refractivity contribution in [2.45, 2.75) is 50.6 Å².